The molecule has 2 unspecified atom stereocenters. The Kier molecular flexibility index (Phi) is 5.32. The van der Waals surface area contributed by atoms with Crippen molar-refractivity contribution >= 4 is 6.09 Å². The van der Waals surface area contributed by atoms with E-state index in [4.69, 9.17) is 4.74 Å². The number of ether oxygens (including phenoxy) is 1. The van der Waals surface area contributed by atoms with Crippen LogP contribution in [0.4, 0.5) is 9.18 Å². The van der Waals surface area contributed by atoms with Gasteiger partial charge in [-0.15, -0.1) is 0 Å². The lowest BCUT2D eigenvalue weighted by molar-refractivity contribution is 0.00477. The Bertz CT molecular complexity index is 600. The van der Waals surface area contributed by atoms with Gasteiger partial charge in [0, 0.05) is 18.1 Å². The van der Waals surface area contributed by atoms with Crippen LogP contribution < -0.4 is 5.32 Å². The van der Waals surface area contributed by atoms with Gasteiger partial charge in [0.05, 0.1) is 0 Å². The highest BCUT2D eigenvalue weighted by Gasteiger charge is 2.44. The minimum Gasteiger partial charge on any atom is -0.444 e. The van der Waals surface area contributed by atoms with Gasteiger partial charge < -0.3 is 15.0 Å². The maximum Gasteiger partial charge on any atom is 0.410 e. The van der Waals surface area contributed by atoms with Crippen LogP contribution in [0.15, 0.2) is 24.3 Å². The molecule has 25 heavy (non-hydrogen) atoms. The highest BCUT2D eigenvalue weighted by atomic mass is 19.1. The van der Waals surface area contributed by atoms with Crippen molar-refractivity contribution in [1.82, 2.24) is 10.2 Å². The Morgan fingerprint density at radius 3 is 2.48 bits per heavy atom. The van der Waals surface area contributed by atoms with Gasteiger partial charge in [0.1, 0.15) is 11.4 Å². The molecule has 2 saturated heterocycles. The van der Waals surface area contributed by atoms with Gasteiger partial charge in [-0.05, 0) is 71.0 Å². The van der Waals surface area contributed by atoms with Crippen LogP contribution in [-0.2, 0) is 11.2 Å². The molecule has 2 bridgehead atoms. The van der Waals surface area contributed by atoms with Gasteiger partial charge in [-0.1, -0.05) is 18.2 Å². The number of carbonyl (C=O) groups is 1. The third-order valence-corrected chi connectivity index (χ3v) is 5.12. The smallest absolute Gasteiger partial charge is 0.410 e. The lowest BCUT2D eigenvalue weighted by atomic mass is 9.97. The van der Waals surface area contributed by atoms with E-state index in [1.54, 1.807) is 6.07 Å². The number of nitrogens with one attached hydrogen (secondary N) is 1. The summed E-state index contributed by atoms with van der Waals surface area (Å²) in [5, 5.41) is 3.56. The highest BCUT2D eigenvalue weighted by molar-refractivity contribution is 5.69. The fourth-order valence-electron chi connectivity index (χ4n) is 4.07. The van der Waals surface area contributed by atoms with Crippen molar-refractivity contribution in [3.8, 4) is 0 Å². The molecule has 0 spiro atoms. The van der Waals surface area contributed by atoms with Crippen LogP contribution in [-0.4, -0.2) is 41.3 Å². The second kappa shape index (κ2) is 7.32. The zero-order chi connectivity index (χ0) is 18.0. The van der Waals surface area contributed by atoms with E-state index in [-0.39, 0.29) is 24.0 Å². The molecule has 138 valence electrons. The summed E-state index contributed by atoms with van der Waals surface area (Å²) in [5.41, 5.74) is 0.301. The monoisotopic (exact) mass is 348 g/mol. The highest BCUT2D eigenvalue weighted by Crippen LogP contribution is 2.36. The topological polar surface area (TPSA) is 41.6 Å². The summed E-state index contributed by atoms with van der Waals surface area (Å²) in [6.45, 7) is 6.48. The number of halogens is 1. The van der Waals surface area contributed by atoms with Gasteiger partial charge in [0.15, 0.2) is 0 Å². The van der Waals surface area contributed by atoms with E-state index < -0.39 is 5.60 Å². The van der Waals surface area contributed by atoms with Crippen molar-refractivity contribution in [1.29, 1.82) is 0 Å². The summed E-state index contributed by atoms with van der Waals surface area (Å²) < 4.78 is 19.2. The Morgan fingerprint density at radius 2 is 1.88 bits per heavy atom. The van der Waals surface area contributed by atoms with Crippen LogP contribution in [0, 0.1) is 5.82 Å². The van der Waals surface area contributed by atoms with Crippen LogP contribution in [0.1, 0.15) is 52.0 Å². The molecule has 0 aliphatic carbocycles. The van der Waals surface area contributed by atoms with Gasteiger partial charge in [-0.2, -0.15) is 0 Å². The zero-order valence-corrected chi connectivity index (χ0v) is 15.4. The largest absolute Gasteiger partial charge is 0.444 e. The van der Waals surface area contributed by atoms with Crippen molar-refractivity contribution in [3.63, 3.8) is 0 Å². The lowest BCUT2D eigenvalue weighted by Crippen LogP contribution is -2.52. The Labute approximate surface area is 149 Å². The van der Waals surface area contributed by atoms with Gasteiger partial charge in [-0.25, -0.2) is 9.18 Å². The van der Waals surface area contributed by atoms with E-state index in [9.17, 15) is 9.18 Å². The van der Waals surface area contributed by atoms with Gasteiger partial charge >= 0.3 is 6.09 Å². The minimum atomic E-state index is -0.453. The maximum absolute atomic E-state index is 13.7. The van der Waals surface area contributed by atoms with Gasteiger partial charge in [0.25, 0.3) is 0 Å². The van der Waals surface area contributed by atoms with E-state index in [1.165, 1.54) is 6.07 Å². The molecule has 2 atom stereocenters. The van der Waals surface area contributed by atoms with E-state index in [0.29, 0.717) is 12.5 Å². The standard InChI is InChI=1S/C20H29FN2O2/c1-20(2,3)25-19(24)23-16-8-9-17(23)13-15(12-16)22-11-10-14-6-4-5-7-18(14)21/h4-7,15-17,22H,8-13H2,1-3H3. The second-order valence-corrected chi connectivity index (χ2v) is 8.24. The Hall–Kier alpha value is -1.62. The first-order valence-corrected chi connectivity index (χ1v) is 9.31. The number of nitrogens with zero attached hydrogens (tertiary/aromatic N) is 1. The van der Waals surface area contributed by atoms with Crippen LogP contribution in [0.5, 0.6) is 0 Å². The van der Waals surface area contributed by atoms with Crippen molar-refractivity contribution < 1.29 is 13.9 Å². The molecule has 1 aromatic rings. The molecule has 0 aromatic heterocycles. The molecule has 2 heterocycles. The SMILES string of the molecule is CC(C)(C)OC(=O)N1C2CCC1CC(NCCc1ccccc1F)C2. The molecule has 0 saturated carbocycles. The number of benzene rings is 1. The van der Waals surface area contributed by atoms with E-state index in [1.807, 2.05) is 37.8 Å². The zero-order valence-electron chi connectivity index (χ0n) is 15.4. The molecule has 4 nitrogen and oxygen atoms in total. The van der Waals surface area contributed by atoms with Crippen LogP contribution >= 0.6 is 0 Å². The fraction of sp³-hybridized carbons (Fsp3) is 0.650. The predicted octanol–water partition coefficient (Wildman–Crippen LogP) is 3.89. The van der Waals surface area contributed by atoms with E-state index in [2.05, 4.69) is 5.32 Å². The molecular formula is C20H29FN2O2. The van der Waals surface area contributed by atoms with Gasteiger partial charge in [-0.3, -0.25) is 0 Å². The van der Waals surface area contributed by atoms with E-state index in [0.717, 1.165) is 37.8 Å². The maximum atomic E-state index is 13.7. The molecule has 5 heteroatoms. The quantitative estimate of drug-likeness (QED) is 0.897. The summed E-state index contributed by atoms with van der Waals surface area (Å²) in [6.07, 6.45) is 4.52. The number of carbonyl (C=O) groups excluding carboxylic acids is 1. The van der Waals surface area contributed by atoms with Crippen LogP contribution in [0.3, 0.4) is 0 Å². The first-order chi connectivity index (χ1) is 11.8. The number of rotatable bonds is 4. The molecule has 2 aliphatic rings. The first-order valence-electron chi connectivity index (χ1n) is 9.31. The van der Waals surface area contributed by atoms with Crippen molar-refractivity contribution in [2.45, 2.75) is 76.6 Å². The normalized spacial score (nSPS) is 25.9. The number of amides is 1. The van der Waals surface area contributed by atoms with E-state index >= 15 is 0 Å². The number of fused-ring (bicyclic) bond motifs is 2. The second-order valence-electron chi connectivity index (χ2n) is 8.24. The summed E-state index contributed by atoms with van der Waals surface area (Å²) in [5.74, 6) is -0.135. The van der Waals surface area contributed by atoms with Crippen LogP contribution in [0.25, 0.3) is 0 Å². The van der Waals surface area contributed by atoms with Gasteiger partial charge in [0.2, 0.25) is 0 Å². The summed E-state index contributed by atoms with van der Waals surface area (Å²) in [6, 6.07) is 7.86. The predicted molar refractivity (Wildman–Crippen MR) is 96.0 cm³/mol. The van der Waals surface area contributed by atoms with Crippen molar-refractivity contribution in [2.24, 2.45) is 0 Å². The number of piperidine rings is 1. The molecule has 2 fully saturated rings. The average Bonchev–Trinajstić information content (AvgIpc) is 2.79. The number of hydrogen-bond donors (Lipinski definition) is 1. The lowest BCUT2D eigenvalue weighted by Gasteiger charge is -2.39. The molecule has 1 amide bonds. The Morgan fingerprint density at radius 1 is 1.24 bits per heavy atom. The molecular weight excluding hydrogens is 319 g/mol. The third-order valence-electron chi connectivity index (χ3n) is 5.12. The third kappa shape index (κ3) is 4.51. The molecule has 0 radical (unpaired) electrons. The summed E-state index contributed by atoms with van der Waals surface area (Å²) >= 11 is 0. The fourth-order valence-corrected chi connectivity index (χ4v) is 4.07. The molecule has 1 N–H and O–H groups in total. The first kappa shape index (κ1) is 18.2. The summed E-state index contributed by atoms with van der Waals surface area (Å²) in [4.78, 5) is 14.4. The van der Waals surface area contributed by atoms with Crippen molar-refractivity contribution in [2.75, 3.05) is 6.54 Å². The van der Waals surface area contributed by atoms with Crippen LogP contribution in [0.2, 0.25) is 0 Å². The molecule has 2 aliphatic heterocycles. The average molecular weight is 348 g/mol. The number of hydrogen-bond acceptors (Lipinski definition) is 3. The molecule has 3 rings (SSSR count). The molecule has 1 aromatic carbocycles. The minimum absolute atomic E-state index is 0.135. The van der Waals surface area contributed by atoms with Crippen molar-refractivity contribution in [3.05, 3.63) is 35.6 Å². The Balaban J connectivity index is 1.50. The summed E-state index contributed by atoms with van der Waals surface area (Å²) in [7, 11) is 0.